The summed E-state index contributed by atoms with van der Waals surface area (Å²) < 4.78 is 6.52. The van der Waals surface area contributed by atoms with Crippen molar-refractivity contribution < 1.29 is 4.42 Å². The van der Waals surface area contributed by atoms with Gasteiger partial charge in [-0.25, -0.2) is 0 Å². The molecule has 12 aromatic carbocycles. The van der Waals surface area contributed by atoms with Crippen molar-refractivity contribution in [1.29, 1.82) is 0 Å². The molecule has 1 spiro atoms. The van der Waals surface area contributed by atoms with Gasteiger partial charge in [-0.2, -0.15) is 0 Å². The van der Waals surface area contributed by atoms with E-state index in [-0.39, 0.29) is 0 Å². The molecule has 69 heavy (non-hydrogen) atoms. The van der Waals surface area contributed by atoms with E-state index in [1.165, 1.54) is 88.0 Å². The fourth-order valence-electron chi connectivity index (χ4n) is 12.3. The van der Waals surface area contributed by atoms with Gasteiger partial charge in [0.05, 0.1) is 5.41 Å². The van der Waals surface area contributed by atoms with E-state index in [0.29, 0.717) is 0 Å². The van der Waals surface area contributed by atoms with Crippen molar-refractivity contribution in [2.45, 2.75) is 5.41 Å². The van der Waals surface area contributed by atoms with Gasteiger partial charge in [0.15, 0.2) is 0 Å². The molecule has 320 valence electrons. The Hall–Kier alpha value is -8.98. The minimum absolute atomic E-state index is 0.501. The van der Waals surface area contributed by atoms with Crippen LogP contribution in [0.1, 0.15) is 22.3 Å². The third-order valence-corrected chi connectivity index (χ3v) is 15.3. The summed E-state index contributed by atoms with van der Waals surface area (Å²) in [5.74, 6) is 0. The standard InChI is InChI=1S/C67H41NO/c1-2-15-42(16-3-1)43-29-33-45(34-30-43)68(46-35-31-44(32-36-46)48-24-14-25-56-55-23-10-13-28-65(55)69-66(48)56)47-37-38-63-59(39-47)60-40-57-51-19-6-4-17-49(51)50-18-5-7-20-52(50)58(57)41-64(60)67(63)61-26-11-8-21-53(61)54-22-9-12-27-62(54)67/h1-41H. The zero-order chi connectivity index (χ0) is 45.2. The third-order valence-electron chi connectivity index (χ3n) is 15.3. The molecule has 2 aliphatic rings. The Morgan fingerprint density at radius 2 is 0.725 bits per heavy atom. The molecular weight excluding hydrogens is 835 g/mol. The van der Waals surface area contributed by atoms with Gasteiger partial charge in [0.1, 0.15) is 11.2 Å². The number of anilines is 3. The van der Waals surface area contributed by atoms with Crippen LogP contribution < -0.4 is 4.90 Å². The summed E-state index contributed by atoms with van der Waals surface area (Å²) in [5.41, 5.74) is 19.6. The van der Waals surface area contributed by atoms with Gasteiger partial charge in [-0.15, -0.1) is 0 Å². The number of furan rings is 1. The number of nitrogens with zero attached hydrogens (tertiary/aromatic N) is 1. The van der Waals surface area contributed by atoms with Crippen molar-refractivity contribution in [1.82, 2.24) is 0 Å². The summed E-state index contributed by atoms with van der Waals surface area (Å²) in [4.78, 5) is 2.42. The Kier molecular flexibility index (Phi) is 8.02. The zero-order valence-corrected chi connectivity index (χ0v) is 37.5. The second kappa shape index (κ2) is 14.5. The molecule has 0 saturated heterocycles. The Bertz CT molecular complexity index is 4190. The zero-order valence-electron chi connectivity index (χ0n) is 37.5. The Balaban J connectivity index is 0.972. The van der Waals surface area contributed by atoms with Gasteiger partial charge < -0.3 is 9.32 Å². The van der Waals surface area contributed by atoms with E-state index in [1.807, 2.05) is 6.07 Å². The highest BCUT2D eigenvalue weighted by Gasteiger charge is 2.52. The van der Waals surface area contributed by atoms with Gasteiger partial charge >= 0.3 is 0 Å². The number of hydrogen-bond donors (Lipinski definition) is 0. The van der Waals surface area contributed by atoms with Crippen molar-refractivity contribution in [2.24, 2.45) is 0 Å². The minimum Gasteiger partial charge on any atom is -0.455 e. The first-order valence-corrected chi connectivity index (χ1v) is 23.9. The molecule has 1 aromatic heterocycles. The van der Waals surface area contributed by atoms with E-state index in [2.05, 4.69) is 248 Å². The van der Waals surface area contributed by atoms with Crippen LogP contribution >= 0.6 is 0 Å². The molecule has 0 atom stereocenters. The fourth-order valence-corrected chi connectivity index (χ4v) is 12.3. The predicted molar refractivity (Wildman–Crippen MR) is 288 cm³/mol. The SMILES string of the molecule is c1ccc(-c2ccc(N(c3ccc(-c4cccc5c4oc4ccccc45)cc3)c3ccc4c(c3)-c3cc5c6ccccc6c6ccccc6c5cc3C43c4ccccc4-c4ccccc43)cc2)cc1. The maximum atomic E-state index is 6.52. The summed E-state index contributed by atoms with van der Waals surface area (Å²) in [7, 11) is 0. The molecule has 0 saturated carbocycles. The van der Waals surface area contributed by atoms with Gasteiger partial charge in [-0.1, -0.05) is 194 Å². The first-order chi connectivity index (χ1) is 34.2. The third kappa shape index (κ3) is 5.37. The molecule has 2 nitrogen and oxygen atoms in total. The molecule has 2 heteroatoms. The molecule has 0 amide bonds. The van der Waals surface area contributed by atoms with Crippen molar-refractivity contribution >= 4 is 71.3 Å². The highest BCUT2D eigenvalue weighted by Crippen LogP contribution is 2.64. The van der Waals surface area contributed by atoms with Crippen LogP contribution in [0.15, 0.2) is 253 Å². The molecule has 0 unspecified atom stereocenters. The van der Waals surface area contributed by atoms with Gasteiger partial charge in [0, 0.05) is 33.4 Å². The van der Waals surface area contributed by atoms with Gasteiger partial charge in [0.25, 0.3) is 0 Å². The lowest BCUT2D eigenvalue weighted by molar-refractivity contribution is 0.670. The second-order valence-electron chi connectivity index (χ2n) is 18.7. The first-order valence-electron chi connectivity index (χ1n) is 23.9. The summed E-state index contributed by atoms with van der Waals surface area (Å²) in [6.45, 7) is 0. The van der Waals surface area contributed by atoms with Crippen LogP contribution in [0.4, 0.5) is 17.1 Å². The molecule has 0 radical (unpaired) electrons. The van der Waals surface area contributed by atoms with Gasteiger partial charge in [-0.05, 0) is 148 Å². The number of rotatable bonds is 5. The highest BCUT2D eigenvalue weighted by atomic mass is 16.3. The van der Waals surface area contributed by atoms with Gasteiger partial charge in [-0.3, -0.25) is 0 Å². The topological polar surface area (TPSA) is 16.4 Å². The molecule has 0 aliphatic heterocycles. The maximum absolute atomic E-state index is 6.52. The van der Waals surface area contributed by atoms with E-state index < -0.39 is 5.41 Å². The molecule has 1 heterocycles. The number of benzene rings is 12. The van der Waals surface area contributed by atoms with Crippen LogP contribution in [0, 0.1) is 0 Å². The lowest BCUT2D eigenvalue weighted by atomic mass is 9.70. The van der Waals surface area contributed by atoms with E-state index in [9.17, 15) is 0 Å². The maximum Gasteiger partial charge on any atom is 0.143 e. The van der Waals surface area contributed by atoms with Crippen LogP contribution in [0.25, 0.3) is 98.8 Å². The average molecular weight is 876 g/mol. The average Bonchev–Trinajstić information content (AvgIpc) is 4.05. The van der Waals surface area contributed by atoms with Crippen LogP contribution in [0.2, 0.25) is 0 Å². The molecule has 13 aromatic rings. The van der Waals surface area contributed by atoms with Gasteiger partial charge in [0.2, 0.25) is 0 Å². The predicted octanol–water partition coefficient (Wildman–Crippen LogP) is 18.2. The summed E-state index contributed by atoms with van der Waals surface area (Å²) in [6, 6.07) is 91.9. The Morgan fingerprint density at radius 3 is 1.39 bits per heavy atom. The van der Waals surface area contributed by atoms with Crippen LogP contribution in [-0.2, 0) is 5.41 Å². The quantitative estimate of drug-likeness (QED) is 0.160. The molecule has 0 bridgehead atoms. The second-order valence-corrected chi connectivity index (χ2v) is 18.7. The Labute approximate surface area is 399 Å². The molecule has 2 aliphatic carbocycles. The van der Waals surface area contributed by atoms with Crippen molar-refractivity contribution in [3.63, 3.8) is 0 Å². The summed E-state index contributed by atoms with van der Waals surface area (Å²) in [6.07, 6.45) is 0. The number of para-hydroxylation sites is 2. The molecule has 0 N–H and O–H groups in total. The first kappa shape index (κ1) is 38.2. The minimum atomic E-state index is -0.501. The van der Waals surface area contributed by atoms with Crippen molar-refractivity contribution in [2.75, 3.05) is 4.90 Å². The molecule has 0 fully saturated rings. The monoisotopic (exact) mass is 875 g/mol. The van der Waals surface area contributed by atoms with E-state index >= 15 is 0 Å². The molecular formula is C67H41NO. The van der Waals surface area contributed by atoms with E-state index in [1.54, 1.807) is 0 Å². The van der Waals surface area contributed by atoms with Crippen LogP contribution in [0.3, 0.4) is 0 Å². The summed E-state index contributed by atoms with van der Waals surface area (Å²) in [5, 5.41) is 9.96. The lowest BCUT2D eigenvalue weighted by Crippen LogP contribution is -2.26. The van der Waals surface area contributed by atoms with E-state index in [0.717, 1.165) is 50.1 Å². The normalized spacial score (nSPS) is 13.0. The van der Waals surface area contributed by atoms with Crippen LogP contribution in [-0.4, -0.2) is 0 Å². The number of hydrogen-bond acceptors (Lipinski definition) is 2. The summed E-state index contributed by atoms with van der Waals surface area (Å²) >= 11 is 0. The van der Waals surface area contributed by atoms with Crippen molar-refractivity contribution in [3.8, 4) is 44.5 Å². The number of fused-ring (bicyclic) bond motifs is 19. The lowest BCUT2D eigenvalue weighted by Gasteiger charge is -2.31. The van der Waals surface area contributed by atoms with Crippen molar-refractivity contribution in [3.05, 3.63) is 271 Å². The largest absolute Gasteiger partial charge is 0.455 e. The highest BCUT2D eigenvalue weighted by molar-refractivity contribution is 6.26. The van der Waals surface area contributed by atoms with Crippen LogP contribution in [0.5, 0.6) is 0 Å². The fraction of sp³-hybridized carbons (Fsp3) is 0.0149. The molecule has 15 rings (SSSR count). The Morgan fingerprint density at radius 1 is 0.261 bits per heavy atom. The smallest absolute Gasteiger partial charge is 0.143 e. The van der Waals surface area contributed by atoms with E-state index in [4.69, 9.17) is 4.42 Å².